The van der Waals surface area contributed by atoms with Crippen molar-refractivity contribution in [2.45, 2.75) is 33.2 Å². The molecule has 1 N–H and O–H groups in total. The lowest BCUT2D eigenvalue weighted by molar-refractivity contribution is -0.131. The molecule has 17 heavy (non-hydrogen) atoms. The molecule has 0 fully saturated rings. The predicted molar refractivity (Wildman–Crippen MR) is 69.1 cm³/mol. The van der Waals surface area contributed by atoms with E-state index < -0.39 is 0 Å². The van der Waals surface area contributed by atoms with Crippen molar-refractivity contribution in [2.24, 2.45) is 0 Å². The van der Waals surface area contributed by atoms with Gasteiger partial charge < -0.3 is 10.1 Å². The second-order valence-electron chi connectivity index (χ2n) is 4.98. The van der Waals surface area contributed by atoms with Crippen LogP contribution < -0.4 is 10.1 Å². The Morgan fingerprint density at radius 1 is 1.35 bits per heavy atom. The highest BCUT2D eigenvalue weighted by atomic mass is 16.5. The van der Waals surface area contributed by atoms with Crippen LogP contribution in [0.15, 0.2) is 24.3 Å². The van der Waals surface area contributed by atoms with E-state index in [1.807, 2.05) is 18.2 Å². The summed E-state index contributed by atoms with van der Waals surface area (Å²) in [5.74, 6) is 0.293. The number of esters is 1. The number of allylic oxidation sites excluding steroid dienone is 1. The summed E-state index contributed by atoms with van der Waals surface area (Å²) in [6.07, 6.45) is 2.17. The predicted octanol–water partition coefficient (Wildman–Crippen LogP) is 3.22. The molecule has 1 aliphatic rings. The molecule has 3 nitrogen and oxygen atoms in total. The number of nitrogens with one attached hydrogen (secondary N) is 1. The van der Waals surface area contributed by atoms with Crippen molar-refractivity contribution in [3.63, 3.8) is 0 Å². The maximum Gasteiger partial charge on any atom is 0.308 e. The fraction of sp³-hybridized carbons (Fsp3) is 0.357. The van der Waals surface area contributed by atoms with Crippen LogP contribution in [0.5, 0.6) is 5.75 Å². The molecule has 0 amide bonds. The van der Waals surface area contributed by atoms with Gasteiger partial charge in [-0.25, -0.2) is 0 Å². The SMILES string of the molecule is CC(=O)Oc1ccc2c(c1)C(C)=CC(C)(C)N2. The second kappa shape index (κ2) is 3.91. The Kier molecular flexibility index (Phi) is 2.69. The Balaban J connectivity index is 2.41. The molecule has 0 aromatic heterocycles. The van der Waals surface area contributed by atoms with Crippen LogP contribution in [-0.4, -0.2) is 11.5 Å². The molecule has 0 saturated carbocycles. The average molecular weight is 231 g/mol. The van der Waals surface area contributed by atoms with E-state index in [4.69, 9.17) is 4.74 Å². The van der Waals surface area contributed by atoms with Gasteiger partial charge in [-0.15, -0.1) is 0 Å². The van der Waals surface area contributed by atoms with Crippen molar-refractivity contribution in [2.75, 3.05) is 5.32 Å². The van der Waals surface area contributed by atoms with Gasteiger partial charge in [0, 0.05) is 18.2 Å². The smallest absolute Gasteiger partial charge is 0.308 e. The first-order chi connectivity index (χ1) is 7.87. The summed E-state index contributed by atoms with van der Waals surface area (Å²) in [6.45, 7) is 7.72. The first-order valence-electron chi connectivity index (χ1n) is 5.68. The average Bonchev–Trinajstić information content (AvgIpc) is 2.16. The van der Waals surface area contributed by atoms with Gasteiger partial charge >= 0.3 is 5.97 Å². The molecule has 0 spiro atoms. The minimum atomic E-state index is -0.296. The number of ether oxygens (including phenoxy) is 1. The molecule has 1 aliphatic heterocycles. The summed E-state index contributed by atoms with van der Waals surface area (Å²) < 4.78 is 5.09. The first-order valence-corrected chi connectivity index (χ1v) is 5.68. The number of fused-ring (bicyclic) bond motifs is 1. The third-order valence-electron chi connectivity index (χ3n) is 2.71. The standard InChI is InChI=1S/C14H17NO2/c1-9-8-14(3,4)15-13-6-5-11(7-12(9)13)17-10(2)16/h5-8,15H,1-4H3. The molecule has 0 atom stereocenters. The molecule has 0 aliphatic carbocycles. The van der Waals surface area contributed by atoms with Gasteiger partial charge in [0.1, 0.15) is 5.75 Å². The van der Waals surface area contributed by atoms with E-state index in [0.717, 1.165) is 11.3 Å². The van der Waals surface area contributed by atoms with Gasteiger partial charge in [-0.05, 0) is 44.5 Å². The van der Waals surface area contributed by atoms with Crippen molar-refractivity contribution in [1.82, 2.24) is 0 Å². The van der Waals surface area contributed by atoms with Crippen molar-refractivity contribution >= 4 is 17.2 Å². The monoisotopic (exact) mass is 231 g/mol. The van der Waals surface area contributed by atoms with Crippen LogP contribution in [-0.2, 0) is 4.79 Å². The number of carbonyl (C=O) groups is 1. The van der Waals surface area contributed by atoms with E-state index in [0.29, 0.717) is 5.75 Å². The third kappa shape index (κ3) is 2.49. The Hall–Kier alpha value is -1.77. The Morgan fingerprint density at radius 3 is 2.71 bits per heavy atom. The summed E-state index contributed by atoms with van der Waals surface area (Å²) in [6, 6.07) is 5.65. The third-order valence-corrected chi connectivity index (χ3v) is 2.71. The fourth-order valence-electron chi connectivity index (χ4n) is 2.19. The van der Waals surface area contributed by atoms with Crippen LogP contribution in [0.25, 0.3) is 5.57 Å². The zero-order valence-corrected chi connectivity index (χ0v) is 10.6. The summed E-state index contributed by atoms with van der Waals surface area (Å²) in [5, 5.41) is 3.43. The molecule has 0 radical (unpaired) electrons. The number of benzene rings is 1. The zero-order valence-electron chi connectivity index (χ0n) is 10.6. The van der Waals surface area contributed by atoms with E-state index in [1.165, 1.54) is 12.5 Å². The number of rotatable bonds is 1. The zero-order chi connectivity index (χ0) is 12.6. The summed E-state index contributed by atoms with van der Waals surface area (Å²) in [4.78, 5) is 10.9. The normalized spacial score (nSPS) is 16.6. The summed E-state index contributed by atoms with van der Waals surface area (Å²) in [5.41, 5.74) is 3.31. The molecule has 2 rings (SSSR count). The molecule has 3 heteroatoms. The Morgan fingerprint density at radius 2 is 2.06 bits per heavy atom. The lowest BCUT2D eigenvalue weighted by atomic mass is 9.91. The quantitative estimate of drug-likeness (QED) is 0.595. The molecule has 0 saturated heterocycles. The van der Waals surface area contributed by atoms with Crippen LogP contribution >= 0.6 is 0 Å². The van der Waals surface area contributed by atoms with Gasteiger partial charge in [0.05, 0.1) is 5.54 Å². The molecule has 1 heterocycles. The van der Waals surface area contributed by atoms with Crippen molar-refractivity contribution < 1.29 is 9.53 Å². The lowest BCUT2D eigenvalue weighted by Crippen LogP contribution is -2.31. The van der Waals surface area contributed by atoms with Gasteiger partial charge in [0.25, 0.3) is 0 Å². The Bertz CT molecular complexity index is 501. The highest BCUT2D eigenvalue weighted by Gasteiger charge is 2.22. The van der Waals surface area contributed by atoms with Crippen LogP contribution in [0, 0.1) is 0 Å². The second-order valence-corrected chi connectivity index (χ2v) is 4.98. The van der Waals surface area contributed by atoms with Crippen molar-refractivity contribution in [1.29, 1.82) is 0 Å². The van der Waals surface area contributed by atoms with E-state index in [2.05, 4.69) is 32.2 Å². The van der Waals surface area contributed by atoms with Gasteiger partial charge in [0.15, 0.2) is 0 Å². The Labute approximate surface area is 101 Å². The van der Waals surface area contributed by atoms with Crippen LogP contribution in [0.1, 0.15) is 33.3 Å². The van der Waals surface area contributed by atoms with E-state index in [-0.39, 0.29) is 11.5 Å². The molecule has 90 valence electrons. The van der Waals surface area contributed by atoms with Gasteiger partial charge in [-0.1, -0.05) is 6.08 Å². The maximum absolute atomic E-state index is 10.9. The number of hydrogen-bond acceptors (Lipinski definition) is 3. The minimum Gasteiger partial charge on any atom is -0.427 e. The van der Waals surface area contributed by atoms with Crippen LogP contribution in [0.2, 0.25) is 0 Å². The van der Waals surface area contributed by atoms with Gasteiger partial charge in [-0.3, -0.25) is 4.79 Å². The largest absolute Gasteiger partial charge is 0.427 e. The molecular weight excluding hydrogens is 214 g/mol. The van der Waals surface area contributed by atoms with Crippen LogP contribution in [0.3, 0.4) is 0 Å². The van der Waals surface area contributed by atoms with E-state index in [1.54, 1.807) is 0 Å². The van der Waals surface area contributed by atoms with E-state index in [9.17, 15) is 4.79 Å². The highest BCUT2D eigenvalue weighted by Crippen LogP contribution is 2.35. The molecule has 1 aromatic carbocycles. The maximum atomic E-state index is 10.9. The first kappa shape index (κ1) is 11.7. The van der Waals surface area contributed by atoms with E-state index >= 15 is 0 Å². The topological polar surface area (TPSA) is 38.3 Å². The van der Waals surface area contributed by atoms with Crippen molar-refractivity contribution in [3.8, 4) is 5.75 Å². The molecule has 1 aromatic rings. The highest BCUT2D eigenvalue weighted by molar-refractivity contribution is 5.81. The van der Waals surface area contributed by atoms with Crippen molar-refractivity contribution in [3.05, 3.63) is 29.8 Å². The van der Waals surface area contributed by atoms with Crippen LogP contribution in [0.4, 0.5) is 5.69 Å². The summed E-state index contributed by atoms with van der Waals surface area (Å²) >= 11 is 0. The van der Waals surface area contributed by atoms with Gasteiger partial charge in [0.2, 0.25) is 0 Å². The number of carbonyl (C=O) groups excluding carboxylic acids is 1. The number of anilines is 1. The fourth-order valence-corrected chi connectivity index (χ4v) is 2.19. The lowest BCUT2D eigenvalue weighted by Gasteiger charge is -2.31. The number of hydrogen-bond donors (Lipinski definition) is 1. The molecule has 0 unspecified atom stereocenters. The molecular formula is C14H17NO2. The molecule has 0 bridgehead atoms. The minimum absolute atomic E-state index is 0.0416. The van der Waals surface area contributed by atoms with Gasteiger partial charge in [-0.2, -0.15) is 0 Å². The summed E-state index contributed by atoms with van der Waals surface area (Å²) in [7, 11) is 0.